The molecule has 0 aliphatic carbocycles. The van der Waals surface area contributed by atoms with E-state index in [0.717, 1.165) is 60.9 Å². The van der Waals surface area contributed by atoms with Gasteiger partial charge in [0.2, 0.25) is 0 Å². The molecule has 3 fully saturated rings. The summed E-state index contributed by atoms with van der Waals surface area (Å²) in [6.45, 7) is 3.16. The number of benzene rings is 1. The van der Waals surface area contributed by atoms with E-state index in [4.69, 9.17) is 4.98 Å². The number of piperidine rings is 3. The summed E-state index contributed by atoms with van der Waals surface area (Å²) in [7, 11) is 0. The van der Waals surface area contributed by atoms with Crippen LogP contribution < -0.4 is 0 Å². The van der Waals surface area contributed by atoms with Crippen molar-refractivity contribution in [1.82, 2.24) is 19.9 Å². The average molecular weight is 358 g/mol. The zero-order valence-corrected chi connectivity index (χ0v) is 15.3. The third-order valence-electron chi connectivity index (χ3n) is 6.26. The highest BCUT2D eigenvalue weighted by molar-refractivity contribution is 5.88. The van der Waals surface area contributed by atoms with Crippen molar-refractivity contribution in [3.63, 3.8) is 0 Å². The quantitative estimate of drug-likeness (QED) is 0.716. The molecule has 0 atom stereocenters. The first kappa shape index (κ1) is 16.5. The maximum absolute atomic E-state index is 13.1. The third kappa shape index (κ3) is 3.02. The molecule has 5 nitrogen and oxygen atoms in total. The highest BCUT2D eigenvalue weighted by atomic mass is 16.1. The summed E-state index contributed by atoms with van der Waals surface area (Å²) in [4.78, 5) is 28.9. The van der Waals surface area contributed by atoms with Gasteiger partial charge in [-0.2, -0.15) is 0 Å². The summed E-state index contributed by atoms with van der Waals surface area (Å²) < 4.78 is 0. The number of rotatable bonds is 4. The van der Waals surface area contributed by atoms with Gasteiger partial charge in [-0.1, -0.05) is 18.2 Å². The lowest BCUT2D eigenvalue weighted by atomic mass is 9.68. The van der Waals surface area contributed by atoms with Crippen LogP contribution in [0.4, 0.5) is 0 Å². The Labute approximate surface area is 158 Å². The van der Waals surface area contributed by atoms with Crippen LogP contribution in [0.5, 0.6) is 0 Å². The Balaban J connectivity index is 1.43. The summed E-state index contributed by atoms with van der Waals surface area (Å²) in [6, 6.07) is 10.1. The molecule has 5 heteroatoms. The molecule has 3 aliphatic rings. The summed E-state index contributed by atoms with van der Waals surface area (Å²) in [6.07, 6.45) is 8.76. The van der Waals surface area contributed by atoms with Crippen molar-refractivity contribution in [2.45, 2.75) is 25.7 Å². The van der Waals surface area contributed by atoms with E-state index in [0.29, 0.717) is 18.0 Å². The van der Waals surface area contributed by atoms with E-state index in [-0.39, 0.29) is 5.41 Å². The van der Waals surface area contributed by atoms with Crippen LogP contribution in [0, 0.1) is 5.41 Å². The fraction of sp³-hybridized carbons (Fsp3) is 0.364. The second-order valence-electron chi connectivity index (χ2n) is 7.77. The van der Waals surface area contributed by atoms with Gasteiger partial charge in [0.15, 0.2) is 0 Å². The van der Waals surface area contributed by atoms with Crippen LogP contribution >= 0.6 is 0 Å². The molecule has 3 aromatic rings. The Morgan fingerprint density at radius 3 is 2.59 bits per heavy atom. The van der Waals surface area contributed by atoms with Gasteiger partial charge in [0.05, 0.1) is 11.9 Å². The number of hydrogen-bond donors (Lipinski definition) is 0. The molecule has 2 aromatic heterocycles. The van der Waals surface area contributed by atoms with Gasteiger partial charge in [-0.25, -0.2) is 9.97 Å². The Kier molecular flexibility index (Phi) is 3.97. The highest BCUT2D eigenvalue weighted by Gasteiger charge is 2.44. The maximum Gasteiger partial charge on any atom is 0.146 e. The molecule has 3 saturated heterocycles. The zero-order valence-electron chi connectivity index (χ0n) is 15.3. The predicted molar refractivity (Wildman–Crippen MR) is 104 cm³/mol. The number of hydrogen-bond acceptors (Lipinski definition) is 5. The van der Waals surface area contributed by atoms with Crippen molar-refractivity contribution in [3.8, 4) is 11.1 Å². The van der Waals surface area contributed by atoms with Gasteiger partial charge < -0.3 is 4.90 Å². The van der Waals surface area contributed by atoms with Crippen molar-refractivity contribution in [3.05, 3.63) is 54.7 Å². The molecule has 1 aromatic carbocycles. The van der Waals surface area contributed by atoms with Crippen molar-refractivity contribution in [2.75, 3.05) is 19.6 Å². The summed E-state index contributed by atoms with van der Waals surface area (Å²) in [5.41, 5.74) is 2.88. The van der Waals surface area contributed by atoms with Crippen molar-refractivity contribution in [1.29, 1.82) is 0 Å². The molecule has 0 saturated carbocycles. The number of nitrogens with zero attached hydrogens (tertiary/aromatic N) is 4. The van der Waals surface area contributed by atoms with Gasteiger partial charge in [-0.05, 0) is 56.6 Å². The SMILES string of the molecule is O=C(Cc1ncc2ccc(-c3cccnc3)cc2n1)C12CCN(CC1)CC2. The number of fused-ring (bicyclic) bond motifs is 4. The molecule has 6 rings (SSSR count). The molecule has 3 aliphatic heterocycles. The Morgan fingerprint density at radius 1 is 1.04 bits per heavy atom. The van der Waals surface area contributed by atoms with Crippen LogP contribution in [0.2, 0.25) is 0 Å². The van der Waals surface area contributed by atoms with Gasteiger partial charge in [0.1, 0.15) is 11.6 Å². The largest absolute Gasteiger partial charge is 0.303 e. The maximum atomic E-state index is 13.1. The molecule has 0 N–H and O–H groups in total. The Hall–Kier alpha value is -2.66. The molecule has 0 amide bonds. The number of aromatic nitrogens is 3. The van der Waals surface area contributed by atoms with E-state index in [9.17, 15) is 4.79 Å². The third-order valence-corrected chi connectivity index (χ3v) is 6.26. The average Bonchev–Trinajstić information content (AvgIpc) is 2.75. The van der Waals surface area contributed by atoms with Gasteiger partial charge in [-0.15, -0.1) is 0 Å². The van der Waals surface area contributed by atoms with Gasteiger partial charge in [0.25, 0.3) is 0 Å². The first-order valence-electron chi connectivity index (χ1n) is 9.64. The number of carbonyl (C=O) groups excluding carboxylic acids is 1. The monoisotopic (exact) mass is 358 g/mol. The molecular formula is C22H22N4O. The van der Waals surface area contributed by atoms with Crippen LogP contribution in [0.1, 0.15) is 25.1 Å². The molecule has 0 radical (unpaired) electrons. The standard InChI is InChI=1S/C22H22N4O/c27-20(22-5-9-26(10-6-22)11-7-22)13-21-24-15-18-4-3-16(12-19(18)25-21)17-2-1-8-23-14-17/h1-4,8,12,14-15H,5-7,9-11,13H2. The molecule has 0 spiro atoms. The number of carbonyl (C=O) groups is 1. The Bertz CT molecular complexity index is 980. The minimum absolute atomic E-state index is 0.134. The van der Waals surface area contributed by atoms with Crippen LogP contribution in [0.3, 0.4) is 0 Å². The minimum Gasteiger partial charge on any atom is -0.303 e. The van der Waals surface area contributed by atoms with E-state index in [2.05, 4.69) is 27.0 Å². The van der Waals surface area contributed by atoms with Crippen molar-refractivity contribution in [2.24, 2.45) is 5.41 Å². The summed E-state index contributed by atoms with van der Waals surface area (Å²) in [5.74, 6) is 0.961. The topological polar surface area (TPSA) is 59.0 Å². The minimum atomic E-state index is -0.134. The normalized spacial score (nSPS) is 24.2. The number of Topliss-reactive ketones (excluding diaryl/α,β-unsaturated/α-hetero) is 1. The van der Waals surface area contributed by atoms with Gasteiger partial charge in [0, 0.05) is 35.0 Å². The highest BCUT2D eigenvalue weighted by Crippen LogP contribution is 2.41. The first-order valence-corrected chi connectivity index (χ1v) is 9.64. The molecular weight excluding hydrogens is 336 g/mol. The fourth-order valence-electron chi connectivity index (χ4n) is 4.44. The van der Waals surface area contributed by atoms with Gasteiger partial charge >= 0.3 is 0 Å². The predicted octanol–water partition coefficient (Wildman–Crippen LogP) is 3.29. The lowest BCUT2D eigenvalue weighted by Crippen LogP contribution is -2.52. The molecule has 0 unspecified atom stereocenters. The van der Waals surface area contributed by atoms with E-state index in [1.54, 1.807) is 6.20 Å². The molecule has 5 heterocycles. The second-order valence-corrected chi connectivity index (χ2v) is 7.77. The van der Waals surface area contributed by atoms with Crippen LogP contribution in [-0.4, -0.2) is 45.3 Å². The first-order chi connectivity index (χ1) is 13.2. The van der Waals surface area contributed by atoms with E-state index >= 15 is 0 Å². The number of pyridine rings is 1. The van der Waals surface area contributed by atoms with Gasteiger partial charge in [-0.3, -0.25) is 9.78 Å². The van der Waals surface area contributed by atoms with Crippen molar-refractivity contribution < 1.29 is 4.79 Å². The lowest BCUT2D eigenvalue weighted by Gasteiger charge is -2.47. The van der Waals surface area contributed by atoms with Crippen LogP contribution in [-0.2, 0) is 11.2 Å². The summed E-state index contributed by atoms with van der Waals surface area (Å²) >= 11 is 0. The number of ketones is 1. The van der Waals surface area contributed by atoms with Crippen molar-refractivity contribution >= 4 is 16.7 Å². The fourth-order valence-corrected chi connectivity index (χ4v) is 4.44. The zero-order chi connectivity index (χ0) is 18.3. The molecule has 136 valence electrons. The lowest BCUT2D eigenvalue weighted by molar-refractivity contribution is -0.135. The van der Waals surface area contributed by atoms with Crippen LogP contribution in [0.15, 0.2) is 48.9 Å². The summed E-state index contributed by atoms with van der Waals surface area (Å²) in [5, 5.41) is 0.989. The molecule has 27 heavy (non-hydrogen) atoms. The second kappa shape index (κ2) is 6.50. The van der Waals surface area contributed by atoms with Crippen LogP contribution in [0.25, 0.3) is 22.0 Å². The Morgan fingerprint density at radius 2 is 1.85 bits per heavy atom. The van der Waals surface area contributed by atoms with E-state index in [1.807, 2.05) is 30.6 Å². The van der Waals surface area contributed by atoms with E-state index < -0.39 is 0 Å². The van der Waals surface area contributed by atoms with E-state index in [1.165, 1.54) is 0 Å². The molecule has 2 bridgehead atoms. The smallest absolute Gasteiger partial charge is 0.146 e.